The number of fused-ring (bicyclic) bond motifs is 3. The van der Waals surface area contributed by atoms with E-state index in [9.17, 15) is 14.4 Å². The Labute approximate surface area is 170 Å². The van der Waals surface area contributed by atoms with E-state index in [1.54, 1.807) is 24.3 Å². The van der Waals surface area contributed by atoms with Crippen molar-refractivity contribution in [3.05, 3.63) is 65.9 Å². The van der Waals surface area contributed by atoms with Crippen molar-refractivity contribution in [2.45, 2.75) is 24.8 Å². The second-order valence-corrected chi connectivity index (χ2v) is 7.33. The molecule has 3 heterocycles. The lowest BCUT2D eigenvalue weighted by molar-refractivity contribution is -0.146. The van der Waals surface area contributed by atoms with Crippen LogP contribution in [0.5, 0.6) is 0 Å². The number of para-hydroxylation sites is 2. The fourth-order valence-corrected chi connectivity index (χ4v) is 4.09. The van der Waals surface area contributed by atoms with E-state index in [0.29, 0.717) is 28.3 Å². The van der Waals surface area contributed by atoms with Crippen molar-refractivity contribution in [1.29, 1.82) is 0 Å². The third-order valence-electron chi connectivity index (χ3n) is 5.50. The molecule has 0 aliphatic carbocycles. The summed E-state index contributed by atoms with van der Waals surface area (Å²) in [5, 5.41) is 18.3. The first-order valence-electron chi connectivity index (χ1n) is 9.51. The Hall–Kier alpha value is -3.94. The zero-order valence-electron chi connectivity index (χ0n) is 15.8. The summed E-state index contributed by atoms with van der Waals surface area (Å²) in [7, 11) is 0. The highest BCUT2D eigenvalue weighted by Gasteiger charge is 2.57. The lowest BCUT2D eigenvalue weighted by Crippen LogP contribution is -2.48. The van der Waals surface area contributed by atoms with Crippen molar-refractivity contribution in [3.63, 3.8) is 0 Å². The molecule has 0 fully saturated rings. The second-order valence-electron chi connectivity index (χ2n) is 7.33. The number of carboxylic acids is 1. The molecule has 8 heteroatoms. The van der Waals surface area contributed by atoms with Gasteiger partial charge in [-0.15, -0.1) is 0 Å². The Balaban J connectivity index is 1.61. The Kier molecular flexibility index (Phi) is 3.95. The van der Waals surface area contributed by atoms with Crippen LogP contribution in [0.3, 0.4) is 0 Å². The molecule has 2 aliphatic rings. The molecule has 0 radical (unpaired) electrons. The fraction of sp³-hybridized carbons (Fsp3) is 0.182. The largest absolute Gasteiger partial charge is 0.481 e. The number of aliphatic carboxylic acids is 1. The molecule has 150 valence electrons. The number of benzene rings is 2. The van der Waals surface area contributed by atoms with E-state index in [2.05, 4.69) is 10.4 Å². The minimum absolute atomic E-state index is 0.133. The molecule has 2 aliphatic heterocycles. The monoisotopic (exact) mass is 403 g/mol. The molecule has 0 saturated heterocycles. The number of furan rings is 1. The van der Waals surface area contributed by atoms with Crippen LogP contribution in [-0.2, 0) is 19.9 Å². The summed E-state index contributed by atoms with van der Waals surface area (Å²) in [5.41, 5.74) is 1.02. The van der Waals surface area contributed by atoms with Crippen LogP contribution in [0.25, 0.3) is 11.0 Å². The average Bonchev–Trinajstić information content (AvgIpc) is 3.41. The first kappa shape index (κ1) is 18.1. The Morgan fingerprint density at radius 3 is 2.70 bits per heavy atom. The number of carbonyl (C=O) groups excluding carboxylic acids is 2. The summed E-state index contributed by atoms with van der Waals surface area (Å²) < 4.78 is 5.91. The molecule has 3 aromatic rings. The lowest BCUT2D eigenvalue weighted by atomic mass is 9.85. The maximum atomic E-state index is 13.1. The molecular weight excluding hydrogens is 386 g/mol. The predicted octanol–water partition coefficient (Wildman–Crippen LogP) is 3.08. The predicted molar refractivity (Wildman–Crippen MR) is 108 cm³/mol. The second kappa shape index (κ2) is 6.55. The van der Waals surface area contributed by atoms with Crippen LogP contribution in [0.15, 0.2) is 64.1 Å². The van der Waals surface area contributed by atoms with Crippen molar-refractivity contribution in [2.75, 3.05) is 5.32 Å². The standard InChI is InChI=1S/C22H17N3O5/c26-19(9-10-20(27)28)25-22(14-6-2-3-7-15(14)23-21(22)29)12-16(24-25)18-11-13-5-1-4-8-17(13)30-18/h1-8,11H,9-10,12H2,(H,23,29)(H,27,28)/t22-/m0/s1. The number of hydrazone groups is 1. The summed E-state index contributed by atoms with van der Waals surface area (Å²) in [6.45, 7) is 0. The van der Waals surface area contributed by atoms with Crippen LogP contribution >= 0.6 is 0 Å². The lowest BCUT2D eigenvalue weighted by Gasteiger charge is -2.30. The van der Waals surface area contributed by atoms with Crippen molar-refractivity contribution < 1.29 is 23.9 Å². The van der Waals surface area contributed by atoms with E-state index >= 15 is 0 Å². The number of rotatable bonds is 4. The third-order valence-corrected chi connectivity index (χ3v) is 5.50. The quantitative estimate of drug-likeness (QED) is 0.695. The summed E-state index contributed by atoms with van der Waals surface area (Å²) in [6.07, 6.45) is -0.470. The van der Waals surface area contributed by atoms with E-state index in [1.165, 1.54) is 0 Å². The van der Waals surface area contributed by atoms with Crippen LogP contribution in [-0.4, -0.2) is 33.6 Å². The molecule has 2 N–H and O–H groups in total. The Bertz CT molecular complexity index is 1210. The molecule has 0 unspecified atom stereocenters. The van der Waals surface area contributed by atoms with Crippen LogP contribution in [0.1, 0.15) is 30.6 Å². The number of anilines is 1. The first-order chi connectivity index (χ1) is 14.5. The Morgan fingerprint density at radius 1 is 1.13 bits per heavy atom. The average molecular weight is 403 g/mol. The van der Waals surface area contributed by atoms with Gasteiger partial charge in [-0.05, 0) is 18.2 Å². The van der Waals surface area contributed by atoms with Crippen LogP contribution in [0.4, 0.5) is 5.69 Å². The van der Waals surface area contributed by atoms with E-state index in [-0.39, 0.29) is 25.2 Å². The maximum Gasteiger partial charge on any atom is 0.303 e. The molecule has 0 saturated carbocycles. The highest BCUT2D eigenvalue weighted by Crippen LogP contribution is 2.47. The van der Waals surface area contributed by atoms with Gasteiger partial charge in [0.2, 0.25) is 5.91 Å². The number of amides is 2. The van der Waals surface area contributed by atoms with Gasteiger partial charge in [-0.3, -0.25) is 14.4 Å². The Morgan fingerprint density at radius 2 is 1.90 bits per heavy atom. The summed E-state index contributed by atoms with van der Waals surface area (Å²) in [4.78, 5) is 37.1. The van der Waals surface area contributed by atoms with Crippen molar-refractivity contribution in [1.82, 2.24) is 5.01 Å². The summed E-state index contributed by atoms with van der Waals surface area (Å²) in [5.74, 6) is -1.52. The topological polar surface area (TPSA) is 112 Å². The van der Waals surface area contributed by atoms with Gasteiger partial charge in [0, 0.05) is 29.5 Å². The van der Waals surface area contributed by atoms with Gasteiger partial charge in [-0.2, -0.15) is 5.10 Å². The van der Waals surface area contributed by atoms with Crippen molar-refractivity contribution in [3.8, 4) is 0 Å². The SMILES string of the molecule is O=C(O)CCC(=O)N1N=C(c2cc3ccccc3o2)C[C@]12C(=O)Nc1ccccc12. The zero-order chi connectivity index (χ0) is 20.9. The van der Waals surface area contributed by atoms with Gasteiger partial charge in [-0.25, -0.2) is 5.01 Å². The zero-order valence-corrected chi connectivity index (χ0v) is 15.8. The normalized spacial score (nSPS) is 19.8. The number of hydrogen-bond donors (Lipinski definition) is 2. The molecule has 5 rings (SSSR count). The van der Waals surface area contributed by atoms with Gasteiger partial charge in [0.1, 0.15) is 11.3 Å². The molecule has 2 amide bonds. The fourth-order valence-electron chi connectivity index (χ4n) is 4.09. The number of nitrogens with one attached hydrogen (secondary N) is 1. The van der Waals surface area contributed by atoms with Crippen LogP contribution < -0.4 is 5.32 Å². The van der Waals surface area contributed by atoms with E-state index in [4.69, 9.17) is 9.52 Å². The van der Waals surface area contributed by atoms with Crippen LogP contribution in [0, 0.1) is 0 Å². The van der Waals surface area contributed by atoms with Crippen molar-refractivity contribution >= 4 is 40.2 Å². The number of hydrogen-bond acceptors (Lipinski definition) is 5. The maximum absolute atomic E-state index is 13.1. The highest BCUT2D eigenvalue weighted by atomic mass is 16.4. The minimum atomic E-state index is -1.36. The summed E-state index contributed by atoms with van der Waals surface area (Å²) in [6, 6.07) is 16.4. The minimum Gasteiger partial charge on any atom is -0.481 e. The van der Waals surface area contributed by atoms with Gasteiger partial charge in [0.15, 0.2) is 11.3 Å². The van der Waals surface area contributed by atoms with Crippen molar-refractivity contribution in [2.24, 2.45) is 5.10 Å². The smallest absolute Gasteiger partial charge is 0.303 e. The molecule has 2 aromatic carbocycles. The van der Waals surface area contributed by atoms with Crippen LogP contribution in [0.2, 0.25) is 0 Å². The molecule has 0 bridgehead atoms. The molecule has 8 nitrogen and oxygen atoms in total. The molecular formula is C22H17N3O5. The summed E-state index contributed by atoms with van der Waals surface area (Å²) >= 11 is 0. The molecule has 30 heavy (non-hydrogen) atoms. The van der Waals surface area contributed by atoms with Gasteiger partial charge < -0.3 is 14.8 Å². The highest BCUT2D eigenvalue weighted by molar-refractivity contribution is 6.15. The first-order valence-corrected chi connectivity index (χ1v) is 9.51. The van der Waals surface area contributed by atoms with Gasteiger partial charge in [-0.1, -0.05) is 36.4 Å². The molecule has 1 atom stereocenters. The van der Waals surface area contributed by atoms with Gasteiger partial charge >= 0.3 is 5.97 Å². The van der Waals surface area contributed by atoms with E-state index < -0.39 is 17.4 Å². The molecule has 1 spiro atoms. The third kappa shape index (κ3) is 2.61. The van der Waals surface area contributed by atoms with Gasteiger partial charge in [0.25, 0.3) is 5.91 Å². The van der Waals surface area contributed by atoms with E-state index in [0.717, 1.165) is 10.4 Å². The number of nitrogens with zero attached hydrogens (tertiary/aromatic N) is 2. The number of carboxylic acid groups (broad SMARTS) is 1. The number of carbonyl (C=O) groups is 3. The van der Waals surface area contributed by atoms with E-state index in [1.807, 2.05) is 30.3 Å². The van der Waals surface area contributed by atoms with Gasteiger partial charge in [0.05, 0.1) is 6.42 Å². The molecule has 1 aromatic heterocycles.